The maximum absolute atomic E-state index is 12.5. The number of hydrogen-bond acceptors (Lipinski definition) is 5. The molecule has 0 N–H and O–H groups in total. The first kappa shape index (κ1) is 20.4. The van der Waals surface area contributed by atoms with Gasteiger partial charge in [0.05, 0.1) is 24.6 Å². The molecule has 27 heavy (non-hydrogen) atoms. The van der Waals surface area contributed by atoms with E-state index >= 15 is 0 Å². The molecule has 0 aromatic heterocycles. The highest BCUT2D eigenvalue weighted by Crippen LogP contribution is 2.24. The lowest BCUT2D eigenvalue weighted by molar-refractivity contribution is -0.118. The number of hydrogen-bond donors (Lipinski definition) is 0. The summed E-state index contributed by atoms with van der Waals surface area (Å²) in [4.78, 5) is 25.9. The topological polar surface area (TPSA) is 84.0 Å². The number of ether oxygens (including phenoxy) is 1. The summed E-state index contributed by atoms with van der Waals surface area (Å²) >= 11 is 0. The highest BCUT2D eigenvalue weighted by molar-refractivity contribution is 7.92. The Morgan fingerprint density at radius 2 is 1.59 bits per heavy atom. The summed E-state index contributed by atoms with van der Waals surface area (Å²) in [6.45, 7) is -0.0944. The quantitative estimate of drug-likeness (QED) is 0.678. The van der Waals surface area contributed by atoms with Crippen molar-refractivity contribution < 1.29 is 22.7 Å². The summed E-state index contributed by atoms with van der Waals surface area (Å²) in [5.41, 5.74) is 1.01. The third kappa shape index (κ3) is 5.07. The van der Waals surface area contributed by atoms with Gasteiger partial charge in [0, 0.05) is 25.7 Å². The van der Waals surface area contributed by atoms with Gasteiger partial charge in [-0.25, -0.2) is 13.2 Å². The van der Waals surface area contributed by atoms with Crippen molar-refractivity contribution in [3.8, 4) is 0 Å². The predicted octanol–water partition coefficient (Wildman–Crippen LogP) is 2.29. The lowest BCUT2D eigenvalue weighted by atomic mass is 10.1. The molecular formula is C19H22N2O5S. The zero-order chi connectivity index (χ0) is 20.0. The van der Waals surface area contributed by atoms with Crippen molar-refractivity contribution in [3.05, 3.63) is 60.2 Å². The predicted molar refractivity (Wildman–Crippen MR) is 104 cm³/mol. The molecule has 0 heterocycles. The standard InChI is InChI=1S/C19H22N2O5S/c1-20(15-9-5-4-6-10-15)18(22)13-14-21(27(3,24)25)17-12-8-7-11-16(17)19(23)26-2/h4-12H,13-14H2,1-3H3. The Morgan fingerprint density at radius 1 is 1.00 bits per heavy atom. The molecule has 0 atom stereocenters. The summed E-state index contributed by atoms with van der Waals surface area (Å²) in [6.07, 6.45) is 0.987. The third-order valence-electron chi connectivity index (χ3n) is 4.02. The van der Waals surface area contributed by atoms with E-state index in [0.29, 0.717) is 5.69 Å². The molecule has 0 saturated heterocycles. The van der Waals surface area contributed by atoms with Crippen LogP contribution in [0.3, 0.4) is 0 Å². The van der Waals surface area contributed by atoms with Crippen LogP contribution in [0.5, 0.6) is 0 Å². The fourth-order valence-corrected chi connectivity index (χ4v) is 3.54. The van der Waals surface area contributed by atoms with Crippen LogP contribution in [0.2, 0.25) is 0 Å². The number of anilines is 2. The van der Waals surface area contributed by atoms with E-state index < -0.39 is 16.0 Å². The van der Waals surface area contributed by atoms with Crippen LogP contribution < -0.4 is 9.21 Å². The van der Waals surface area contributed by atoms with Crippen LogP contribution in [-0.2, 0) is 19.6 Å². The van der Waals surface area contributed by atoms with Crippen LogP contribution in [0.1, 0.15) is 16.8 Å². The van der Waals surface area contributed by atoms with E-state index in [0.717, 1.165) is 10.6 Å². The molecule has 144 valence electrons. The maximum Gasteiger partial charge on any atom is 0.340 e. The zero-order valence-electron chi connectivity index (χ0n) is 15.5. The van der Waals surface area contributed by atoms with Crippen molar-refractivity contribution in [1.29, 1.82) is 0 Å². The summed E-state index contributed by atoms with van der Waals surface area (Å²) in [7, 11) is -0.859. The van der Waals surface area contributed by atoms with Gasteiger partial charge in [0.25, 0.3) is 0 Å². The van der Waals surface area contributed by atoms with Crippen molar-refractivity contribution in [1.82, 2.24) is 0 Å². The fraction of sp³-hybridized carbons (Fsp3) is 0.263. The minimum atomic E-state index is -3.71. The first-order chi connectivity index (χ1) is 12.8. The molecule has 0 radical (unpaired) electrons. The fourth-order valence-electron chi connectivity index (χ4n) is 2.60. The molecule has 0 aliphatic rings. The smallest absolute Gasteiger partial charge is 0.340 e. The van der Waals surface area contributed by atoms with Crippen molar-refractivity contribution in [3.63, 3.8) is 0 Å². The van der Waals surface area contributed by atoms with Crippen LogP contribution in [0.15, 0.2) is 54.6 Å². The number of amides is 1. The van der Waals surface area contributed by atoms with Gasteiger partial charge >= 0.3 is 5.97 Å². The van der Waals surface area contributed by atoms with Gasteiger partial charge in [-0.1, -0.05) is 30.3 Å². The molecule has 2 rings (SSSR count). The van der Waals surface area contributed by atoms with Crippen molar-refractivity contribution in [2.45, 2.75) is 6.42 Å². The average molecular weight is 390 g/mol. The molecule has 0 aliphatic heterocycles. The van der Waals surface area contributed by atoms with Crippen LogP contribution in [0, 0.1) is 0 Å². The number of sulfonamides is 1. The number of carbonyl (C=O) groups excluding carboxylic acids is 2. The number of esters is 1. The highest BCUT2D eigenvalue weighted by Gasteiger charge is 2.24. The van der Waals surface area contributed by atoms with Gasteiger partial charge in [-0.05, 0) is 24.3 Å². The second kappa shape index (κ2) is 8.68. The number of para-hydroxylation sites is 2. The van der Waals surface area contributed by atoms with E-state index in [1.165, 1.54) is 24.1 Å². The zero-order valence-corrected chi connectivity index (χ0v) is 16.3. The van der Waals surface area contributed by atoms with Crippen LogP contribution >= 0.6 is 0 Å². The monoisotopic (exact) mass is 390 g/mol. The van der Waals surface area contributed by atoms with Gasteiger partial charge in [0.1, 0.15) is 0 Å². The van der Waals surface area contributed by atoms with E-state index in [9.17, 15) is 18.0 Å². The average Bonchev–Trinajstić information content (AvgIpc) is 2.66. The number of rotatable bonds is 7. The van der Waals surface area contributed by atoms with Gasteiger partial charge in [-0.15, -0.1) is 0 Å². The SMILES string of the molecule is COC(=O)c1ccccc1N(CCC(=O)N(C)c1ccccc1)S(C)(=O)=O. The number of methoxy groups -OCH3 is 1. The molecular weight excluding hydrogens is 368 g/mol. The van der Waals surface area contributed by atoms with Crippen LogP contribution in [0.25, 0.3) is 0 Å². The summed E-state index contributed by atoms with van der Waals surface area (Å²) < 4.78 is 30.4. The molecule has 2 aromatic carbocycles. The molecule has 0 bridgehead atoms. The molecule has 7 nitrogen and oxygen atoms in total. The minimum Gasteiger partial charge on any atom is -0.465 e. The van der Waals surface area contributed by atoms with Gasteiger partial charge in [-0.2, -0.15) is 0 Å². The van der Waals surface area contributed by atoms with E-state index in [1.807, 2.05) is 18.2 Å². The van der Waals surface area contributed by atoms with E-state index in [1.54, 1.807) is 31.3 Å². The second-order valence-corrected chi connectivity index (χ2v) is 7.79. The Bertz CT molecular complexity index is 913. The largest absolute Gasteiger partial charge is 0.465 e. The normalized spacial score (nSPS) is 10.9. The Kier molecular flexibility index (Phi) is 6.57. The highest BCUT2D eigenvalue weighted by atomic mass is 32.2. The van der Waals surface area contributed by atoms with Gasteiger partial charge < -0.3 is 9.64 Å². The van der Waals surface area contributed by atoms with E-state index in [-0.39, 0.29) is 30.1 Å². The summed E-state index contributed by atoms with van der Waals surface area (Å²) in [5.74, 6) is -0.891. The Balaban J connectivity index is 2.25. The molecule has 2 aromatic rings. The number of benzene rings is 2. The lowest BCUT2D eigenvalue weighted by Gasteiger charge is -2.25. The van der Waals surface area contributed by atoms with Gasteiger partial charge in [-0.3, -0.25) is 9.10 Å². The van der Waals surface area contributed by atoms with Gasteiger partial charge in [0.2, 0.25) is 15.9 Å². The van der Waals surface area contributed by atoms with E-state index in [4.69, 9.17) is 4.74 Å². The Morgan fingerprint density at radius 3 is 2.19 bits per heavy atom. The van der Waals surface area contributed by atoms with Crippen LogP contribution in [-0.4, -0.2) is 47.3 Å². The molecule has 8 heteroatoms. The molecule has 0 spiro atoms. The van der Waals surface area contributed by atoms with E-state index in [2.05, 4.69) is 0 Å². The van der Waals surface area contributed by atoms with Crippen molar-refractivity contribution >= 4 is 33.3 Å². The van der Waals surface area contributed by atoms with Gasteiger partial charge in [0.15, 0.2) is 0 Å². The first-order valence-corrected chi connectivity index (χ1v) is 10.1. The molecule has 0 fully saturated rings. The second-order valence-electron chi connectivity index (χ2n) is 5.88. The molecule has 1 amide bonds. The van der Waals surface area contributed by atoms with Crippen molar-refractivity contribution in [2.24, 2.45) is 0 Å². The Labute approximate surface area is 159 Å². The summed E-state index contributed by atoms with van der Waals surface area (Å²) in [5, 5.41) is 0. The molecule has 0 unspecified atom stereocenters. The van der Waals surface area contributed by atoms with Crippen molar-refractivity contribution in [2.75, 3.05) is 36.2 Å². The Hall–Kier alpha value is -2.87. The first-order valence-electron chi connectivity index (χ1n) is 8.22. The molecule has 0 saturated carbocycles. The minimum absolute atomic E-state index is 0.0476. The lowest BCUT2D eigenvalue weighted by Crippen LogP contribution is -2.36. The summed E-state index contributed by atoms with van der Waals surface area (Å²) in [6, 6.07) is 15.3. The number of nitrogens with zero attached hydrogens (tertiary/aromatic N) is 2. The maximum atomic E-state index is 12.5. The number of carbonyl (C=O) groups is 2. The molecule has 0 aliphatic carbocycles. The third-order valence-corrected chi connectivity index (χ3v) is 5.20. The van der Waals surface area contributed by atoms with Crippen LogP contribution in [0.4, 0.5) is 11.4 Å².